The summed E-state index contributed by atoms with van der Waals surface area (Å²) in [7, 11) is 5.42. The summed E-state index contributed by atoms with van der Waals surface area (Å²) in [5, 5.41) is 2.85. The average molecular weight is 300 g/mol. The Kier molecular flexibility index (Phi) is 5.25. The summed E-state index contributed by atoms with van der Waals surface area (Å²) in [6.45, 7) is -0.0812. The van der Waals surface area contributed by atoms with Gasteiger partial charge in [0.05, 0.1) is 18.5 Å². The number of nitrogens with one attached hydrogen (secondary N) is 1. The van der Waals surface area contributed by atoms with Crippen molar-refractivity contribution in [3.63, 3.8) is 0 Å². The number of hydrogen-bond donors (Lipinski definition) is 1. The highest BCUT2D eigenvalue weighted by Gasteiger charge is 2.10. The number of hydrogen-bond acceptors (Lipinski definition) is 4. The molecule has 0 aromatic heterocycles. The van der Waals surface area contributed by atoms with Crippen molar-refractivity contribution in [3.05, 3.63) is 48.5 Å². The van der Waals surface area contributed by atoms with Gasteiger partial charge >= 0.3 is 0 Å². The number of carbonyl (C=O) groups excluding carboxylic acids is 1. The Morgan fingerprint density at radius 3 is 2.36 bits per heavy atom. The maximum Gasteiger partial charge on any atom is 0.262 e. The molecule has 2 aromatic rings. The summed E-state index contributed by atoms with van der Waals surface area (Å²) in [6.07, 6.45) is 0. The third-order valence-electron chi connectivity index (χ3n) is 3.09. The van der Waals surface area contributed by atoms with Crippen LogP contribution in [0.5, 0.6) is 11.5 Å². The summed E-state index contributed by atoms with van der Waals surface area (Å²) in [5.41, 5.74) is 1.69. The minimum Gasteiger partial charge on any atom is -0.493 e. The summed E-state index contributed by atoms with van der Waals surface area (Å²) >= 11 is 0. The van der Waals surface area contributed by atoms with Crippen LogP contribution >= 0.6 is 0 Å². The Hall–Kier alpha value is -2.69. The molecule has 0 aliphatic heterocycles. The second-order valence-corrected chi connectivity index (χ2v) is 4.90. The first kappa shape index (κ1) is 15.7. The Balaban J connectivity index is 1.99. The van der Waals surface area contributed by atoms with Crippen molar-refractivity contribution in [1.29, 1.82) is 0 Å². The van der Waals surface area contributed by atoms with E-state index in [-0.39, 0.29) is 12.5 Å². The monoisotopic (exact) mass is 300 g/mol. The fraction of sp³-hybridized carbons (Fsp3) is 0.235. The number of ether oxygens (including phenoxy) is 2. The minimum absolute atomic E-state index is 0.0812. The number of anilines is 2. The van der Waals surface area contributed by atoms with Gasteiger partial charge in [-0.1, -0.05) is 24.3 Å². The van der Waals surface area contributed by atoms with Gasteiger partial charge in [-0.15, -0.1) is 0 Å². The van der Waals surface area contributed by atoms with Gasteiger partial charge in [-0.25, -0.2) is 0 Å². The van der Waals surface area contributed by atoms with Crippen LogP contribution in [0.4, 0.5) is 11.4 Å². The number of benzene rings is 2. The van der Waals surface area contributed by atoms with Gasteiger partial charge in [-0.05, 0) is 24.3 Å². The second kappa shape index (κ2) is 7.36. The maximum atomic E-state index is 12.1. The van der Waals surface area contributed by atoms with Crippen LogP contribution in [-0.4, -0.2) is 33.7 Å². The Bertz CT molecular complexity index is 641. The third kappa shape index (κ3) is 3.91. The molecule has 0 bridgehead atoms. The summed E-state index contributed by atoms with van der Waals surface area (Å²) in [4.78, 5) is 14.0. The van der Waals surface area contributed by atoms with E-state index in [1.54, 1.807) is 19.2 Å². The van der Waals surface area contributed by atoms with Crippen molar-refractivity contribution >= 4 is 17.3 Å². The van der Waals surface area contributed by atoms with Gasteiger partial charge in [-0.3, -0.25) is 4.79 Å². The number of nitrogens with zero attached hydrogens (tertiary/aromatic N) is 1. The van der Waals surface area contributed by atoms with Crippen LogP contribution in [0.15, 0.2) is 48.5 Å². The molecule has 0 fully saturated rings. The lowest BCUT2D eigenvalue weighted by atomic mass is 10.2. The lowest BCUT2D eigenvalue weighted by Crippen LogP contribution is -2.22. The first-order valence-corrected chi connectivity index (χ1v) is 6.94. The molecule has 1 amide bonds. The SMILES string of the molecule is COc1ccccc1OCC(=O)Nc1ccccc1N(C)C. The fourth-order valence-corrected chi connectivity index (χ4v) is 2.04. The molecular weight excluding hydrogens is 280 g/mol. The smallest absolute Gasteiger partial charge is 0.262 e. The number of carbonyl (C=O) groups is 1. The average Bonchev–Trinajstić information content (AvgIpc) is 2.53. The third-order valence-corrected chi connectivity index (χ3v) is 3.09. The standard InChI is InChI=1S/C17H20N2O3/c1-19(2)14-9-5-4-8-13(14)18-17(20)12-22-16-11-7-6-10-15(16)21-3/h4-11H,12H2,1-3H3,(H,18,20). The van der Waals surface area contributed by atoms with Gasteiger partial charge in [0.2, 0.25) is 0 Å². The van der Waals surface area contributed by atoms with Crippen molar-refractivity contribution in [2.75, 3.05) is 38.0 Å². The molecule has 5 heteroatoms. The predicted molar refractivity (Wildman–Crippen MR) is 87.9 cm³/mol. The molecule has 5 nitrogen and oxygen atoms in total. The van der Waals surface area contributed by atoms with E-state index in [9.17, 15) is 4.79 Å². The number of methoxy groups -OCH3 is 1. The molecule has 0 spiro atoms. The molecule has 0 radical (unpaired) electrons. The summed E-state index contributed by atoms with van der Waals surface area (Å²) in [6, 6.07) is 14.8. The van der Waals surface area contributed by atoms with Crippen LogP contribution in [0.2, 0.25) is 0 Å². The Morgan fingerprint density at radius 1 is 1.05 bits per heavy atom. The Morgan fingerprint density at radius 2 is 1.68 bits per heavy atom. The maximum absolute atomic E-state index is 12.1. The molecule has 0 unspecified atom stereocenters. The largest absolute Gasteiger partial charge is 0.493 e. The van der Waals surface area contributed by atoms with Crippen molar-refractivity contribution in [2.24, 2.45) is 0 Å². The zero-order valence-corrected chi connectivity index (χ0v) is 13.0. The molecule has 0 saturated carbocycles. The lowest BCUT2D eigenvalue weighted by molar-refractivity contribution is -0.118. The van der Waals surface area contributed by atoms with Crippen molar-refractivity contribution < 1.29 is 14.3 Å². The highest BCUT2D eigenvalue weighted by Crippen LogP contribution is 2.26. The quantitative estimate of drug-likeness (QED) is 0.891. The number of para-hydroxylation sites is 4. The van der Waals surface area contributed by atoms with E-state index in [0.717, 1.165) is 11.4 Å². The summed E-state index contributed by atoms with van der Waals surface area (Å²) in [5.74, 6) is 0.922. The van der Waals surface area contributed by atoms with Gasteiger partial charge in [0, 0.05) is 14.1 Å². The molecule has 0 aliphatic carbocycles. The molecule has 2 rings (SSSR count). The zero-order valence-electron chi connectivity index (χ0n) is 13.0. The van der Waals surface area contributed by atoms with E-state index in [2.05, 4.69) is 5.32 Å². The topological polar surface area (TPSA) is 50.8 Å². The predicted octanol–water partition coefficient (Wildman–Crippen LogP) is 2.78. The van der Waals surface area contributed by atoms with Gasteiger partial charge in [0.25, 0.3) is 5.91 Å². The molecule has 0 atom stereocenters. The van der Waals surface area contributed by atoms with E-state index in [4.69, 9.17) is 9.47 Å². The highest BCUT2D eigenvalue weighted by atomic mass is 16.5. The molecule has 0 heterocycles. The van der Waals surface area contributed by atoms with Crippen LogP contribution in [0.25, 0.3) is 0 Å². The summed E-state index contributed by atoms with van der Waals surface area (Å²) < 4.78 is 10.7. The zero-order chi connectivity index (χ0) is 15.9. The normalized spacial score (nSPS) is 9.95. The molecule has 2 aromatic carbocycles. The first-order chi connectivity index (χ1) is 10.6. The van der Waals surface area contributed by atoms with E-state index in [1.165, 1.54) is 0 Å². The van der Waals surface area contributed by atoms with Crippen molar-refractivity contribution in [1.82, 2.24) is 0 Å². The van der Waals surface area contributed by atoms with Crippen LogP contribution in [-0.2, 0) is 4.79 Å². The van der Waals surface area contributed by atoms with Crippen LogP contribution < -0.4 is 19.7 Å². The number of amides is 1. The second-order valence-electron chi connectivity index (χ2n) is 4.90. The van der Waals surface area contributed by atoms with Gasteiger partial charge in [-0.2, -0.15) is 0 Å². The molecule has 1 N–H and O–H groups in total. The molecule has 116 valence electrons. The minimum atomic E-state index is -0.222. The lowest BCUT2D eigenvalue weighted by Gasteiger charge is -2.18. The fourth-order valence-electron chi connectivity index (χ4n) is 2.04. The van der Waals surface area contributed by atoms with Crippen LogP contribution in [0.3, 0.4) is 0 Å². The van der Waals surface area contributed by atoms with E-state index < -0.39 is 0 Å². The van der Waals surface area contributed by atoms with Gasteiger partial charge in [0.1, 0.15) is 0 Å². The van der Waals surface area contributed by atoms with Crippen LogP contribution in [0.1, 0.15) is 0 Å². The van der Waals surface area contributed by atoms with Gasteiger partial charge in [0.15, 0.2) is 18.1 Å². The van der Waals surface area contributed by atoms with E-state index >= 15 is 0 Å². The van der Waals surface area contributed by atoms with Gasteiger partial charge < -0.3 is 19.7 Å². The van der Waals surface area contributed by atoms with E-state index in [0.29, 0.717) is 11.5 Å². The van der Waals surface area contributed by atoms with Crippen molar-refractivity contribution in [3.8, 4) is 11.5 Å². The Labute approximate surface area is 130 Å². The van der Waals surface area contributed by atoms with Crippen molar-refractivity contribution in [2.45, 2.75) is 0 Å². The van der Waals surface area contributed by atoms with E-state index in [1.807, 2.05) is 55.4 Å². The molecule has 0 saturated heterocycles. The molecule has 22 heavy (non-hydrogen) atoms. The number of rotatable bonds is 6. The van der Waals surface area contributed by atoms with Crippen LogP contribution in [0, 0.1) is 0 Å². The highest BCUT2D eigenvalue weighted by molar-refractivity contribution is 5.95. The molecular formula is C17H20N2O3. The first-order valence-electron chi connectivity index (χ1n) is 6.94. The molecule has 0 aliphatic rings.